The summed E-state index contributed by atoms with van der Waals surface area (Å²) in [6, 6.07) is 4.27. The van der Waals surface area contributed by atoms with Gasteiger partial charge in [-0.1, -0.05) is 0 Å². The Morgan fingerprint density at radius 1 is 1.24 bits per heavy atom. The highest BCUT2D eigenvalue weighted by atomic mass is 16.2. The van der Waals surface area contributed by atoms with E-state index in [0.29, 0.717) is 11.7 Å². The van der Waals surface area contributed by atoms with Crippen LogP contribution in [-0.4, -0.2) is 43.5 Å². The highest BCUT2D eigenvalue weighted by Gasteiger charge is 2.26. The molecule has 1 fully saturated rings. The van der Waals surface area contributed by atoms with Crippen LogP contribution >= 0.6 is 0 Å². The second-order valence-corrected chi connectivity index (χ2v) is 5.77. The van der Waals surface area contributed by atoms with Crippen molar-refractivity contribution < 1.29 is 4.79 Å². The maximum atomic E-state index is 12.4. The molecule has 0 N–H and O–H groups in total. The highest BCUT2D eigenvalue weighted by molar-refractivity contribution is 5.92. The van der Waals surface area contributed by atoms with E-state index < -0.39 is 0 Å². The van der Waals surface area contributed by atoms with Gasteiger partial charge in [0.25, 0.3) is 5.91 Å². The smallest absolute Gasteiger partial charge is 0.274 e. The van der Waals surface area contributed by atoms with E-state index in [-0.39, 0.29) is 5.91 Å². The van der Waals surface area contributed by atoms with E-state index in [9.17, 15) is 4.79 Å². The van der Waals surface area contributed by atoms with Crippen molar-refractivity contribution in [2.75, 3.05) is 13.1 Å². The monoisotopic (exact) mass is 287 g/mol. The maximum Gasteiger partial charge on any atom is 0.274 e. The topological polar surface area (TPSA) is 56.0 Å². The van der Waals surface area contributed by atoms with E-state index in [0.717, 1.165) is 31.6 Å². The van der Waals surface area contributed by atoms with Gasteiger partial charge in [0, 0.05) is 32.0 Å². The average molecular weight is 287 g/mol. The largest absolute Gasteiger partial charge is 0.337 e. The Morgan fingerprint density at radius 3 is 2.48 bits per heavy atom. The summed E-state index contributed by atoms with van der Waals surface area (Å²) in [5, 5.41) is 8.75. The molecule has 0 atom stereocenters. The molecule has 6 heteroatoms. The van der Waals surface area contributed by atoms with E-state index >= 15 is 0 Å². The van der Waals surface area contributed by atoms with Gasteiger partial charge in [0.1, 0.15) is 5.69 Å². The molecule has 0 aliphatic carbocycles. The standard InChI is InChI=1S/C15H21N5O/c1-11-10-12(2)20(16-11)13-4-8-19(9-5-13)15(21)14-6-7-18(3)17-14/h6-7,10,13H,4-5,8-9H2,1-3H3. The van der Waals surface area contributed by atoms with Crippen molar-refractivity contribution in [3.05, 3.63) is 35.4 Å². The molecule has 0 bridgehead atoms. The molecule has 2 aromatic rings. The van der Waals surface area contributed by atoms with Crippen LogP contribution in [0.4, 0.5) is 0 Å². The zero-order valence-corrected chi connectivity index (χ0v) is 12.8. The molecule has 0 spiro atoms. The molecule has 3 heterocycles. The van der Waals surface area contributed by atoms with Crippen LogP contribution in [0.3, 0.4) is 0 Å². The first kappa shape index (κ1) is 13.9. The van der Waals surface area contributed by atoms with Crippen LogP contribution in [0.5, 0.6) is 0 Å². The van der Waals surface area contributed by atoms with Crippen molar-refractivity contribution in [3.63, 3.8) is 0 Å². The third kappa shape index (κ3) is 2.70. The van der Waals surface area contributed by atoms with Crippen molar-refractivity contribution in [3.8, 4) is 0 Å². The summed E-state index contributed by atoms with van der Waals surface area (Å²) in [7, 11) is 1.83. The van der Waals surface area contributed by atoms with Crippen LogP contribution < -0.4 is 0 Å². The molecule has 21 heavy (non-hydrogen) atoms. The van der Waals surface area contributed by atoms with Gasteiger partial charge in [-0.15, -0.1) is 0 Å². The number of amides is 1. The summed E-state index contributed by atoms with van der Waals surface area (Å²) in [5.41, 5.74) is 2.78. The summed E-state index contributed by atoms with van der Waals surface area (Å²) in [5.74, 6) is 0.0300. The Bertz CT molecular complexity index is 649. The summed E-state index contributed by atoms with van der Waals surface area (Å²) in [6.45, 7) is 5.63. The van der Waals surface area contributed by atoms with E-state index in [1.807, 2.05) is 18.9 Å². The fraction of sp³-hybridized carbons (Fsp3) is 0.533. The molecule has 0 unspecified atom stereocenters. The lowest BCUT2D eigenvalue weighted by Gasteiger charge is -2.32. The lowest BCUT2D eigenvalue weighted by Crippen LogP contribution is -2.39. The third-order valence-corrected chi connectivity index (χ3v) is 4.07. The fourth-order valence-corrected chi connectivity index (χ4v) is 3.02. The minimum absolute atomic E-state index is 0.0300. The van der Waals surface area contributed by atoms with E-state index in [1.165, 1.54) is 5.69 Å². The van der Waals surface area contributed by atoms with Crippen LogP contribution in [-0.2, 0) is 7.05 Å². The predicted octanol–water partition coefficient (Wildman–Crippen LogP) is 1.71. The van der Waals surface area contributed by atoms with Gasteiger partial charge in [-0.25, -0.2) is 0 Å². The van der Waals surface area contributed by atoms with E-state index in [2.05, 4.69) is 27.9 Å². The van der Waals surface area contributed by atoms with Gasteiger partial charge >= 0.3 is 0 Å². The van der Waals surface area contributed by atoms with Gasteiger partial charge in [0.2, 0.25) is 0 Å². The Labute approximate surface area is 124 Å². The SMILES string of the molecule is Cc1cc(C)n(C2CCN(C(=O)c3ccn(C)n3)CC2)n1. The molecule has 1 aliphatic heterocycles. The van der Waals surface area contributed by atoms with Crippen LogP contribution in [0.2, 0.25) is 0 Å². The number of nitrogens with zero attached hydrogens (tertiary/aromatic N) is 5. The first-order chi connectivity index (χ1) is 10.0. The molecular weight excluding hydrogens is 266 g/mol. The normalized spacial score (nSPS) is 16.4. The Kier molecular flexibility index (Phi) is 3.53. The van der Waals surface area contributed by atoms with Crippen LogP contribution in [0.15, 0.2) is 18.3 Å². The Balaban J connectivity index is 1.65. The number of carbonyl (C=O) groups is 1. The van der Waals surface area contributed by atoms with Crippen molar-refractivity contribution in [2.24, 2.45) is 7.05 Å². The van der Waals surface area contributed by atoms with Gasteiger partial charge in [0.15, 0.2) is 0 Å². The molecule has 1 saturated heterocycles. The molecule has 6 nitrogen and oxygen atoms in total. The molecular formula is C15H21N5O. The summed E-state index contributed by atoms with van der Waals surface area (Å²) in [6.07, 6.45) is 3.69. The first-order valence-corrected chi connectivity index (χ1v) is 7.36. The van der Waals surface area contributed by atoms with Gasteiger partial charge in [-0.3, -0.25) is 14.2 Å². The summed E-state index contributed by atoms with van der Waals surface area (Å²) < 4.78 is 3.77. The number of rotatable bonds is 2. The molecule has 3 rings (SSSR count). The number of hydrogen-bond acceptors (Lipinski definition) is 3. The van der Waals surface area contributed by atoms with Crippen molar-refractivity contribution in [1.82, 2.24) is 24.5 Å². The third-order valence-electron chi connectivity index (χ3n) is 4.07. The van der Waals surface area contributed by atoms with Crippen LogP contribution in [0, 0.1) is 13.8 Å². The summed E-state index contributed by atoms with van der Waals surface area (Å²) >= 11 is 0. The molecule has 0 aromatic carbocycles. The maximum absolute atomic E-state index is 12.4. The van der Waals surface area contributed by atoms with Crippen molar-refractivity contribution in [2.45, 2.75) is 32.7 Å². The second-order valence-electron chi connectivity index (χ2n) is 5.77. The number of likely N-dealkylation sites (tertiary alicyclic amines) is 1. The molecule has 2 aromatic heterocycles. The molecule has 0 radical (unpaired) electrons. The Morgan fingerprint density at radius 2 is 1.95 bits per heavy atom. The molecule has 1 aliphatic rings. The lowest BCUT2D eigenvalue weighted by molar-refractivity contribution is 0.0682. The zero-order valence-electron chi connectivity index (χ0n) is 12.8. The average Bonchev–Trinajstić information content (AvgIpc) is 3.04. The molecule has 112 valence electrons. The van der Waals surface area contributed by atoms with Crippen molar-refractivity contribution >= 4 is 5.91 Å². The highest BCUT2D eigenvalue weighted by Crippen LogP contribution is 2.24. The quantitative estimate of drug-likeness (QED) is 0.845. The van der Waals surface area contributed by atoms with Gasteiger partial charge in [-0.2, -0.15) is 10.2 Å². The number of hydrogen-bond donors (Lipinski definition) is 0. The summed E-state index contributed by atoms with van der Waals surface area (Å²) in [4.78, 5) is 14.2. The minimum atomic E-state index is 0.0300. The lowest BCUT2D eigenvalue weighted by atomic mass is 10.0. The minimum Gasteiger partial charge on any atom is -0.337 e. The number of piperidine rings is 1. The number of aryl methyl sites for hydroxylation is 3. The van der Waals surface area contributed by atoms with Crippen LogP contribution in [0.1, 0.15) is 40.8 Å². The van der Waals surface area contributed by atoms with E-state index in [4.69, 9.17) is 0 Å². The van der Waals surface area contributed by atoms with Crippen LogP contribution in [0.25, 0.3) is 0 Å². The van der Waals surface area contributed by atoms with Gasteiger partial charge in [-0.05, 0) is 38.8 Å². The number of carbonyl (C=O) groups excluding carboxylic acids is 1. The molecule has 1 amide bonds. The second kappa shape index (κ2) is 5.35. The van der Waals surface area contributed by atoms with E-state index in [1.54, 1.807) is 16.9 Å². The first-order valence-electron chi connectivity index (χ1n) is 7.36. The van der Waals surface area contributed by atoms with Gasteiger partial charge < -0.3 is 4.90 Å². The molecule has 0 saturated carbocycles. The fourth-order valence-electron chi connectivity index (χ4n) is 3.02. The zero-order chi connectivity index (χ0) is 15.0. The number of aromatic nitrogens is 4. The Hall–Kier alpha value is -2.11. The predicted molar refractivity (Wildman–Crippen MR) is 79.1 cm³/mol. The van der Waals surface area contributed by atoms with Crippen molar-refractivity contribution in [1.29, 1.82) is 0 Å². The van der Waals surface area contributed by atoms with Gasteiger partial charge in [0.05, 0.1) is 11.7 Å².